The summed E-state index contributed by atoms with van der Waals surface area (Å²) in [5.74, 6) is -22.0. The monoisotopic (exact) mass is 1910 g/mol. The second-order valence-corrected chi connectivity index (χ2v) is 35.2. The number of para-hydroxylation sites is 2. The number of carboxylic acid groups (broad SMARTS) is 2. The van der Waals surface area contributed by atoms with Crippen LogP contribution in [0.25, 0.3) is 21.8 Å². The number of carbonyl (C=O) groups is 19. The molecule has 6 aromatic rings. The highest BCUT2D eigenvalue weighted by molar-refractivity contribution is 8.00. The summed E-state index contributed by atoms with van der Waals surface area (Å²) in [6.07, 6.45) is 0.0341. The van der Waals surface area contributed by atoms with Crippen molar-refractivity contribution in [3.05, 3.63) is 120 Å². The van der Waals surface area contributed by atoms with E-state index in [0.29, 0.717) is 63.1 Å². The van der Waals surface area contributed by atoms with E-state index >= 15 is 38.4 Å². The van der Waals surface area contributed by atoms with Gasteiger partial charge in [0.15, 0.2) is 0 Å². The van der Waals surface area contributed by atoms with Crippen LogP contribution in [-0.4, -0.2) is 331 Å². The number of aromatic amines is 2. The van der Waals surface area contributed by atoms with E-state index in [9.17, 15) is 78.3 Å². The van der Waals surface area contributed by atoms with Gasteiger partial charge in [0.1, 0.15) is 90.3 Å². The number of nitrogens with zero attached hydrogens (tertiary/aromatic N) is 7. The largest absolute Gasteiger partial charge is 0.508 e. The summed E-state index contributed by atoms with van der Waals surface area (Å²) >= 11 is 0.686. The molecule has 0 aliphatic carbocycles. The van der Waals surface area contributed by atoms with Gasteiger partial charge in [0, 0.05) is 138 Å². The number of hydrogen-bond donors (Lipinski definition) is 19. The molecule has 17 amide bonds. The summed E-state index contributed by atoms with van der Waals surface area (Å²) in [5, 5.41) is 79.8. The first-order chi connectivity index (χ1) is 64.7. The lowest BCUT2D eigenvalue weighted by Gasteiger charge is -2.36. The number of unbranched alkanes of at least 4 members (excludes halogenated alkanes) is 2. The number of aromatic nitrogens is 4. The molecule has 3 aliphatic rings. The Kier molecular flexibility index (Phi) is 38.7. The number of imidazole rings is 1. The van der Waals surface area contributed by atoms with Gasteiger partial charge in [-0.05, 0) is 86.4 Å². The standard InChI is InChI=1S/C90H121N21O24S/c1-8-10-20-68-83(128)98-58(29-31-75(118)119)79(124)105-66(78(123)95-41-73(92)116)45-136-46-74(117)97-62(33-49-24-26-53(113)27-25-49)86(131)107(5)48(3)77(122)102-64(38-76(120)121)89(134)110-32-16-23-69(110)84(129)101-61(36-52-40-93-47-96-52)81(126)99-59(28-30-72(91)115)88(133)111-43-54(114)37-71(111)85(130)100-60(34-50-39-94-57-19-14-12-17-55(50)57)80(125)104-65(44-112)82(127)103-63(35-51-42-106(4)67-22-15-13-18-56(51)67)87(132)109(7)70(21-11-9-2)90(135)108(68)6/h12-15,17-19,22,24-27,39-40,42,47-48,54,58-66,68-71,94,112-114H,8-11,16,20-21,23,28-38,41,43-46H2,1-7H3,(H2,91,115)(H2,92,116)(H,93,96)(H,95,123)(H,97,117)(H,98,128)(H,99,126)(H,100,130)(H,101,129)(H,102,122)(H,103,127)(H,104,125)(H,105,124)(H,118,119)(H,120,121)/t48-,54+,58-,59-,60-,61-,62-,63-,64+,65-,66-,68-,69-,70-,71-/m0/s1. The number of phenols is 1. The Morgan fingerprint density at radius 3 is 1.75 bits per heavy atom. The van der Waals surface area contributed by atoms with Crippen LogP contribution >= 0.6 is 11.8 Å². The second-order valence-electron chi connectivity index (χ2n) is 34.2. The molecule has 21 N–H and O–H groups in total. The number of nitrogens with one attached hydrogen (secondary N) is 12. The third kappa shape index (κ3) is 28.8. The molecule has 3 fully saturated rings. The first-order valence-corrected chi connectivity index (χ1v) is 46.0. The zero-order valence-electron chi connectivity index (χ0n) is 76.6. The topological polar surface area (TPSA) is 663 Å². The predicted octanol–water partition coefficient (Wildman–Crippen LogP) is -3.50. The summed E-state index contributed by atoms with van der Waals surface area (Å²) in [6, 6.07) is -4.26. The number of aryl methyl sites for hydroxylation is 1. The smallest absolute Gasteiger partial charge is 0.305 e. The maximum Gasteiger partial charge on any atom is 0.305 e. The Balaban J connectivity index is 1.11. The number of carboxylic acids is 2. The van der Waals surface area contributed by atoms with Crippen molar-refractivity contribution in [2.75, 3.05) is 58.9 Å². The number of aliphatic carboxylic acids is 2. The zero-order valence-corrected chi connectivity index (χ0v) is 77.4. The minimum absolute atomic E-state index is 0.0637. The lowest BCUT2D eigenvalue weighted by atomic mass is 10.00. The number of thioether (sulfide) groups is 1. The summed E-state index contributed by atoms with van der Waals surface area (Å²) < 4.78 is 1.77. The van der Waals surface area contributed by atoms with Gasteiger partial charge in [0.2, 0.25) is 100 Å². The van der Waals surface area contributed by atoms with E-state index in [-0.39, 0.29) is 75.8 Å². The minimum atomic E-state index is -1.96. The van der Waals surface area contributed by atoms with E-state index in [2.05, 4.69) is 68.1 Å². The van der Waals surface area contributed by atoms with Crippen molar-refractivity contribution in [3.63, 3.8) is 0 Å². The van der Waals surface area contributed by atoms with Gasteiger partial charge >= 0.3 is 11.9 Å². The molecule has 45 nitrogen and oxygen atoms in total. The van der Waals surface area contributed by atoms with Gasteiger partial charge in [-0.2, -0.15) is 0 Å². The Bertz CT molecular complexity index is 5340. The summed E-state index contributed by atoms with van der Waals surface area (Å²) in [4.78, 5) is 289. The summed E-state index contributed by atoms with van der Waals surface area (Å²) in [5.41, 5.74) is 13.8. The number of nitrogens with two attached hydrogens (primary N) is 2. The highest BCUT2D eigenvalue weighted by Gasteiger charge is 2.47. The molecule has 0 unspecified atom stereocenters. The molecule has 136 heavy (non-hydrogen) atoms. The van der Waals surface area contributed by atoms with Gasteiger partial charge in [-0.15, -0.1) is 11.8 Å². The zero-order chi connectivity index (χ0) is 99.5. The quantitative estimate of drug-likeness (QED) is 0.0251. The van der Waals surface area contributed by atoms with E-state index in [1.165, 1.54) is 57.8 Å². The van der Waals surface area contributed by atoms with Crippen molar-refractivity contribution in [1.29, 1.82) is 0 Å². The SMILES string of the molecule is CCCC[C@H]1C(=O)N(C)[C@@H](CCCC)C(=O)N[C@@H](CCC(=O)O)C(=O)N[C@H](C(=O)NCC(N)=O)CSCC(=O)N[C@@H](Cc2ccc(O)cc2)C(=O)N(C)[C@@H](C)C(=O)N[C@H](CC(=O)O)C(=O)N2CCC[C@H]2C(=O)N[C@@H](Cc2cnc[nH]2)C(=O)N[C@@H](CCC(N)=O)C(=O)N2C[C@H](O)C[C@H]2C(=O)N[C@@H](Cc2c[nH]c3ccccc23)C(=O)N[C@@H](CO)C(=O)N[C@@H](Cc2cn(C)c3ccccc23)C(=O)N1C. The first-order valence-electron chi connectivity index (χ1n) is 44.8. The number of H-pyrrole nitrogens is 2. The molecule has 0 spiro atoms. The van der Waals surface area contributed by atoms with Gasteiger partial charge in [0.25, 0.3) is 0 Å². The fraction of sp³-hybridized carbons (Fsp3) is 0.511. The van der Waals surface area contributed by atoms with Crippen molar-refractivity contribution >= 4 is 146 Å². The molecule has 9 rings (SSSR count). The van der Waals surface area contributed by atoms with E-state index in [0.717, 1.165) is 31.5 Å². The molecule has 46 heteroatoms. The molecule has 0 saturated carbocycles. The van der Waals surface area contributed by atoms with E-state index in [4.69, 9.17) is 11.5 Å². The van der Waals surface area contributed by atoms with Gasteiger partial charge in [-0.25, -0.2) is 4.98 Å². The molecule has 3 aromatic heterocycles. The number of benzene rings is 3. The maximum atomic E-state index is 15.8. The summed E-state index contributed by atoms with van der Waals surface area (Å²) in [7, 11) is 5.47. The maximum absolute atomic E-state index is 15.8. The normalized spacial score (nSPS) is 24.6. The molecule has 15 atom stereocenters. The Labute approximate surface area is 786 Å². The van der Waals surface area contributed by atoms with E-state index in [1.54, 1.807) is 79.5 Å². The van der Waals surface area contributed by atoms with Crippen LogP contribution in [0.3, 0.4) is 0 Å². The highest BCUT2D eigenvalue weighted by atomic mass is 32.2. The number of aromatic hydroxyl groups is 1. The van der Waals surface area contributed by atoms with Gasteiger partial charge in [-0.3, -0.25) is 91.1 Å². The van der Waals surface area contributed by atoms with Crippen LogP contribution in [-0.2, 0) is 124 Å². The van der Waals surface area contributed by atoms with Gasteiger partial charge < -0.3 is 129 Å². The predicted molar refractivity (Wildman–Crippen MR) is 490 cm³/mol. The van der Waals surface area contributed by atoms with Crippen LogP contribution in [0.2, 0.25) is 0 Å². The number of primary amides is 2. The average molecular weight is 1910 g/mol. The van der Waals surface area contributed by atoms with Crippen LogP contribution < -0.4 is 64.6 Å². The number of rotatable bonds is 26. The number of carbonyl (C=O) groups excluding carboxylic acids is 17. The minimum Gasteiger partial charge on any atom is -0.508 e. The van der Waals surface area contributed by atoms with Crippen molar-refractivity contribution in [2.45, 2.75) is 227 Å². The number of hydrogen-bond acceptors (Lipinski definition) is 24. The van der Waals surface area contributed by atoms with Crippen LogP contribution in [0.5, 0.6) is 5.75 Å². The van der Waals surface area contributed by atoms with Crippen molar-refractivity contribution in [2.24, 2.45) is 18.5 Å². The molecule has 736 valence electrons. The molecule has 3 aliphatic heterocycles. The number of fused-ring (bicyclic) bond motifs is 4. The number of amides is 17. The van der Waals surface area contributed by atoms with Gasteiger partial charge in [0.05, 0.1) is 37.8 Å². The Morgan fingerprint density at radius 2 is 1.10 bits per heavy atom. The third-order valence-corrected chi connectivity index (χ3v) is 25.3. The Morgan fingerprint density at radius 1 is 0.537 bits per heavy atom. The fourth-order valence-electron chi connectivity index (χ4n) is 16.6. The van der Waals surface area contributed by atoms with Crippen molar-refractivity contribution in [1.82, 2.24) is 97.2 Å². The van der Waals surface area contributed by atoms with Crippen LogP contribution in [0.1, 0.15) is 133 Å². The Hall–Kier alpha value is -14.1. The van der Waals surface area contributed by atoms with Crippen LogP contribution in [0, 0.1) is 0 Å². The van der Waals surface area contributed by atoms with E-state index in [1.807, 2.05) is 6.92 Å². The fourth-order valence-corrected chi connectivity index (χ4v) is 17.5. The number of aliphatic hydroxyl groups excluding tert-OH is 2. The molecule has 6 heterocycles. The first kappa shape index (κ1) is 106. The van der Waals surface area contributed by atoms with Crippen molar-refractivity contribution in [3.8, 4) is 5.75 Å². The molecule has 0 bridgehead atoms. The second kappa shape index (κ2) is 49.8. The molecule has 0 radical (unpaired) electrons. The van der Waals surface area contributed by atoms with Crippen LogP contribution in [0.15, 0.2) is 97.7 Å². The molecule has 3 saturated heterocycles. The molecular formula is C90H121N21O24S. The number of phenolic OH excluding ortho intramolecular Hbond substituents is 1. The summed E-state index contributed by atoms with van der Waals surface area (Å²) in [6.45, 7) is 2.05. The van der Waals surface area contributed by atoms with E-state index < -0.39 is 279 Å². The molecule has 3 aromatic carbocycles. The molecular weight excluding hydrogens is 1790 g/mol. The van der Waals surface area contributed by atoms with Crippen LogP contribution in [0.4, 0.5) is 0 Å². The van der Waals surface area contributed by atoms with Crippen molar-refractivity contribution < 1.29 is 117 Å². The lowest BCUT2D eigenvalue weighted by molar-refractivity contribution is -0.149. The van der Waals surface area contributed by atoms with Gasteiger partial charge in [-0.1, -0.05) is 88.1 Å². The lowest BCUT2D eigenvalue weighted by Crippen LogP contribution is -2.62. The highest BCUT2D eigenvalue weighted by Crippen LogP contribution is 2.29. The third-order valence-electron chi connectivity index (χ3n) is 24.2. The average Bonchev–Trinajstić information content (AvgIpc) is 1.62. The number of likely N-dealkylation sites (N-methyl/N-ethyl adjacent to an activating group) is 3. The number of aliphatic hydroxyl groups is 2.